The van der Waals surface area contributed by atoms with Crippen LogP contribution in [0.3, 0.4) is 0 Å². The molecule has 0 amide bonds. The van der Waals surface area contributed by atoms with E-state index in [1.54, 1.807) is 0 Å². The molecule has 0 aliphatic rings. The predicted octanol–water partition coefficient (Wildman–Crippen LogP) is -0.0100. The second-order valence-corrected chi connectivity index (χ2v) is 0. The Labute approximate surface area is 69.2 Å². The fraction of sp³-hybridized carbons (Fsp3) is 0. The molecule has 35 valence electrons. The molecular formula is CoFeNiRu. The molecule has 0 rings (SSSR count). The van der Waals surface area contributed by atoms with Gasteiger partial charge in [0.05, 0.1) is 0 Å². The maximum Gasteiger partial charge on any atom is 0 e. The van der Waals surface area contributed by atoms with Gasteiger partial charge in [-0.25, -0.2) is 0 Å². The van der Waals surface area contributed by atoms with E-state index < -0.39 is 0 Å². The zero-order valence-corrected chi connectivity index (χ0v) is 6.23. The normalized spacial score (nSPS) is 0. The van der Waals surface area contributed by atoms with Crippen molar-refractivity contribution in [2.45, 2.75) is 0 Å². The van der Waals surface area contributed by atoms with Gasteiger partial charge in [-0.1, -0.05) is 0 Å². The van der Waals surface area contributed by atoms with Crippen LogP contribution in [0.15, 0.2) is 0 Å². The Morgan fingerprint density at radius 2 is 1.00 bits per heavy atom. The first-order valence-corrected chi connectivity index (χ1v) is 0. The van der Waals surface area contributed by atoms with E-state index in [-0.39, 0.29) is 69.8 Å². The topological polar surface area (TPSA) is 0 Å². The van der Waals surface area contributed by atoms with Gasteiger partial charge in [-0.05, 0) is 0 Å². The van der Waals surface area contributed by atoms with Crippen LogP contribution in [0.4, 0.5) is 0 Å². The molecule has 0 aliphatic carbocycles. The van der Waals surface area contributed by atoms with Crippen molar-refractivity contribution in [1.82, 2.24) is 0 Å². The van der Waals surface area contributed by atoms with Gasteiger partial charge in [0.25, 0.3) is 0 Å². The molecule has 0 saturated carbocycles. The van der Waals surface area contributed by atoms with Gasteiger partial charge in [-0.2, -0.15) is 0 Å². The maximum absolute atomic E-state index is 0. The van der Waals surface area contributed by atoms with Crippen LogP contribution in [0.2, 0.25) is 0 Å². The minimum absolute atomic E-state index is 0. The third kappa shape index (κ3) is 8.91. The summed E-state index contributed by atoms with van der Waals surface area (Å²) in [7, 11) is 0. The first-order valence-electron chi connectivity index (χ1n) is 0. The Hall–Kier alpha value is 2.14. The Morgan fingerprint density at radius 3 is 1.00 bits per heavy atom. The molecule has 0 atom stereocenters. The number of rotatable bonds is 0. The smallest absolute Gasteiger partial charge is 0 e. The average molecular weight is 275 g/mol. The molecule has 0 aromatic rings. The first kappa shape index (κ1) is 35.4. The summed E-state index contributed by atoms with van der Waals surface area (Å²) in [5.74, 6) is 0. The monoisotopic (exact) mass is 275 g/mol. The Balaban J connectivity index is 0. The quantitative estimate of drug-likeness (QED) is 0.545. The molecule has 0 aromatic carbocycles. The van der Waals surface area contributed by atoms with Crippen molar-refractivity contribution in [3.05, 3.63) is 0 Å². The summed E-state index contributed by atoms with van der Waals surface area (Å²) in [6, 6.07) is 0. The van der Waals surface area contributed by atoms with Crippen molar-refractivity contribution in [2.75, 3.05) is 0 Å². The molecule has 0 aromatic heterocycles. The van der Waals surface area contributed by atoms with E-state index in [1.807, 2.05) is 0 Å². The van der Waals surface area contributed by atoms with Gasteiger partial charge in [-0.15, -0.1) is 0 Å². The van der Waals surface area contributed by atoms with Gasteiger partial charge in [0, 0.05) is 69.8 Å². The summed E-state index contributed by atoms with van der Waals surface area (Å²) in [5, 5.41) is 0. The SMILES string of the molecule is [Co].[Fe].[Ni].[Ru]. The molecule has 0 bridgehead atoms. The molecule has 0 N–H and O–H groups in total. The third-order valence-corrected chi connectivity index (χ3v) is 0. The van der Waals surface area contributed by atoms with E-state index in [4.69, 9.17) is 0 Å². The molecule has 4 heteroatoms. The predicted molar refractivity (Wildman–Crippen MR) is 0 cm³/mol. The Bertz CT molecular complexity index is 8.00. The summed E-state index contributed by atoms with van der Waals surface area (Å²) < 4.78 is 0. The van der Waals surface area contributed by atoms with Gasteiger partial charge in [0.2, 0.25) is 0 Å². The largest absolute Gasteiger partial charge is 0 e. The molecule has 0 heterocycles. The van der Waals surface area contributed by atoms with Gasteiger partial charge >= 0.3 is 0 Å². The van der Waals surface area contributed by atoms with E-state index in [0.717, 1.165) is 0 Å². The minimum Gasteiger partial charge on any atom is 0 e. The van der Waals surface area contributed by atoms with Crippen LogP contribution >= 0.6 is 0 Å². The fourth-order valence-electron chi connectivity index (χ4n) is 0. The number of hydrogen-bond donors (Lipinski definition) is 0. The van der Waals surface area contributed by atoms with Crippen LogP contribution in [-0.4, -0.2) is 0 Å². The van der Waals surface area contributed by atoms with Crippen LogP contribution in [0.5, 0.6) is 0 Å². The zero-order valence-electron chi connectivity index (χ0n) is 1.36. The van der Waals surface area contributed by atoms with E-state index in [2.05, 4.69) is 0 Å². The van der Waals surface area contributed by atoms with Gasteiger partial charge in [0.15, 0.2) is 0 Å². The molecular weight excluding hydrogens is 275 g/mol. The first-order chi connectivity index (χ1) is 0. The molecule has 0 nitrogen and oxygen atoms in total. The van der Waals surface area contributed by atoms with Crippen LogP contribution in [0.1, 0.15) is 0 Å². The maximum atomic E-state index is 0. The molecule has 0 spiro atoms. The zero-order chi connectivity index (χ0) is 0. The molecule has 0 saturated heterocycles. The second kappa shape index (κ2) is 19.2. The third-order valence-electron chi connectivity index (χ3n) is 0. The van der Waals surface area contributed by atoms with Gasteiger partial charge in [-0.3, -0.25) is 0 Å². The Morgan fingerprint density at radius 1 is 1.00 bits per heavy atom. The van der Waals surface area contributed by atoms with E-state index in [9.17, 15) is 0 Å². The standard InChI is InChI=1S/Co.Fe.Ni.Ru. The fourth-order valence-corrected chi connectivity index (χ4v) is 0. The molecule has 0 unspecified atom stereocenters. The molecule has 1 radical (unpaired) electrons. The minimum atomic E-state index is 0. The number of hydrogen-bond acceptors (Lipinski definition) is 0. The van der Waals surface area contributed by atoms with E-state index >= 15 is 0 Å². The summed E-state index contributed by atoms with van der Waals surface area (Å²) in [4.78, 5) is 0. The molecule has 4 heavy (non-hydrogen) atoms. The van der Waals surface area contributed by atoms with Gasteiger partial charge in [0.1, 0.15) is 0 Å². The Kier molecular flexibility index (Phi) is 170. The van der Waals surface area contributed by atoms with Crippen LogP contribution in [0.25, 0.3) is 0 Å². The van der Waals surface area contributed by atoms with Crippen molar-refractivity contribution >= 4 is 0 Å². The van der Waals surface area contributed by atoms with Crippen molar-refractivity contribution in [3.63, 3.8) is 0 Å². The molecule has 0 fully saturated rings. The summed E-state index contributed by atoms with van der Waals surface area (Å²) in [6.07, 6.45) is 0. The average Bonchev–Trinajstić information content (AvgIpc) is 0. The van der Waals surface area contributed by atoms with Gasteiger partial charge < -0.3 is 0 Å². The van der Waals surface area contributed by atoms with Crippen molar-refractivity contribution in [1.29, 1.82) is 0 Å². The summed E-state index contributed by atoms with van der Waals surface area (Å²) in [5.41, 5.74) is 0. The van der Waals surface area contributed by atoms with E-state index in [1.165, 1.54) is 0 Å². The summed E-state index contributed by atoms with van der Waals surface area (Å²) >= 11 is 0. The summed E-state index contributed by atoms with van der Waals surface area (Å²) in [6.45, 7) is 0. The van der Waals surface area contributed by atoms with Crippen LogP contribution in [-0.2, 0) is 69.8 Å². The van der Waals surface area contributed by atoms with Crippen LogP contribution in [0, 0.1) is 0 Å². The van der Waals surface area contributed by atoms with Crippen molar-refractivity contribution in [3.8, 4) is 0 Å². The van der Waals surface area contributed by atoms with Crippen molar-refractivity contribution < 1.29 is 69.8 Å². The van der Waals surface area contributed by atoms with E-state index in [0.29, 0.717) is 0 Å². The second-order valence-electron chi connectivity index (χ2n) is 0. The molecule has 0 aliphatic heterocycles. The van der Waals surface area contributed by atoms with Crippen molar-refractivity contribution in [2.24, 2.45) is 0 Å². The van der Waals surface area contributed by atoms with Crippen LogP contribution < -0.4 is 0 Å².